The molecule has 3 aromatic heterocycles. The number of hydrogen-bond donors (Lipinski definition) is 0. The molecule has 0 spiro atoms. The van der Waals surface area contributed by atoms with Crippen molar-refractivity contribution in [3.05, 3.63) is 75.8 Å². The van der Waals surface area contributed by atoms with Crippen molar-refractivity contribution in [1.29, 1.82) is 0 Å². The van der Waals surface area contributed by atoms with E-state index in [-0.39, 0.29) is 23.5 Å². The van der Waals surface area contributed by atoms with E-state index in [0.29, 0.717) is 12.3 Å². The van der Waals surface area contributed by atoms with Gasteiger partial charge in [0.25, 0.3) is 0 Å². The number of thiophene rings is 1. The van der Waals surface area contributed by atoms with Crippen molar-refractivity contribution in [2.45, 2.75) is 32.1 Å². The fourth-order valence-electron chi connectivity index (χ4n) is 3.65. The molecule has 1 saturated carbocycles. The van der Waals surface area contributed by atoms with E-state index in [9.17, 15) is 9.18 Å². The van der Waals surface area contributed by atoms with Crippen LogP contribution in [0.1, 0.15) is 28.2 Å². The largest absolute Gasteiger partial charge is 0.491 e. The number of Topliss-reactive ketones (excluding diaryl/α,β-unsaturated/α-hetero) is 1. The molecule has 2 atom stereocenters. The second-order valence-electron chi connectivity index (χ2n) is 7.38. The van der Waals surface area contributed by atoms with Gasteiger partial charge in [-0.15, -0.1) is 11.3 Å². The third kappa shape index (κ3) is 3.69. The lowest BCUT2D eigenvalue weighted by molar-refractivity contribution is -0.120. The Hall–Kier alpha value is -2.60. The molecule has 3 heterocycles. The van der Waals surface area contributed by atoms with Gasteiger partial charge in [0.05, 0.1) is 19.0 Å². The van der Waals surface area contributed by atoms with Gasteiger partial charge in [0.2, 0.25) is 0 Å². The Morgan fingerprint density at radius 2 is 2.14 bits per heavy atom. The molecule has 0 aliphatic heterocycles. The summed E-state index contributed by atoms with van der Waals surface area (Å²) in [5, 5.41) is 2.02. The molecule has 6 heteroatoms. The van der Waals surface area contributed by atoms with Gasteiger partial charge in [0.1, 0.15) is 17.3 Å². The second-order valence-corrected chi connectivity index (χ2v) is 8.33. The Bertz CT molecular complexity index is 988. The molecular weight excluding hydrogens is 375 g/mol. The van der Waals surface area contributed by atoms with E-state index >= 15 is 0 Å². The zero-order valence-corrected chi connectivity index (χ0v) is 16.6. The molecule has 4 nitrogen and oxygen atoms in total. The summed E-state index contributed by atoms with van der Waals surface area (Å²) in [6.07, 6.45) is 3.86. The monoisotopic (exact) mass is 396 g/mol. The van der Waals surface area contributed by atoms with Crippen LogP contribution >= 0.6 is 11.3 Å². The first-order chi connectivity index (χ1) is 13.5. The molecular formula is C22H21FN2O2S. The molecule has 1 aliphatic carbocycles. The van der Waals surface area contributed by atoms with Crippen LogP contribution in [0.25, 0.3) is 0 Å². The summed E-state index contributed by atoms with van der Waals surface area (Å²) in [5.74, 6) is 0.359. The van der Waals surface area contributed by atoms with Gasteiger partial charge >= 0.3 is 0 Å². The predicted octanol–water partition coefficient (Wildman–Crippen LogP) is 4.44. The van der Waals surface area contributed by atoms with E-state index in [1.807, 2.05) is 31.4 Å². The van der Waals surface area contributed by atoms with Crippen molar-refractivity contribution >= 4 is 17.1 Å². The molecule has 0 radical (unpaired) electrons. The van der Waals surface area contributed by atoms with E-state index in [4.69, 9.17) is 4.74 Å². The third-order valence-electron chi connectivity index (χ3n) is 5.30. The minimum absolute atomic E-state index is 0.114. The summed E-state index contributed by atoms with van der Waals surface area (Å²) >= 11 is 1.65. The molecule has 3 aromatic rings. The first-order valence-electron chi connectivity index (χ1n) is 9.21. The molecule has 0 saturated heterocycles. The van der Waals surface area contributed by atoms with Gasteiger partial charge < -0.3 is 4.74 Å². The zero-order chi connectivity index (χ0) is 19.7. The SMILES string of the molecule is Cc1cc(C)c(OC[C@@]2(c3cccs3)C[C@H]2C(=O)Cc2ccc(F)cn2)cn1. The van der Waals surface area contributed by atoms with Gasteiger partial charge in [-0.05, 0) is 55.5 Å². The number of ether oxygens (including phenoxy) is 1. The minimum atomic E-state index is -0.397. The maximum Gasteiger partial charge on any atom is 0.142 e. The number of carbonyl (C=O) groups excluding carboxylic acids is 1. The van der Waals surface area contributed by atoms with Crippen molar-refractivity contribution in [2.75, 3.05) is 6.61 Å². The molecule has 0 amide bonds. The van der Waals surface area contributed by atoms with Crippen LogP contribution in [-0.4, -0.2) is 22.4 Å². The highest BCUT2D eigenvalue weighted by molar-refractivity contribution is 7.10. The Morgan fingerprint density at radius 3 is 2.82 bits per heavy atom. The van der Waals surface area contributed by atoms with Crippen LogP contribution in [-0.2, 0) is 16.6 Å². The Morgan fingerprint density at radius 1 is 1.29 bits per heavy atom. The Labute approximate surface area is 167 Å². The molecule has 144 valence electrons. The number of nitrogens with zero attached hydrogens (tertiary/aromatic N) is 2. The van der Waals surface area contributed by atoms with E-state index < -0.39 is 5.82 Å². The molecule has 0 aromatic carbocycles. The number of aromatic nitrogens is 2. The predicted molar refractivity (Wildman–Crippen MR) is 106 cm³/mol. The molecule has 0 bridgehead atoms. The fourth-order valence-corrected chi connectivity index (χ4v) is 4.63. The van der Waals surface area contributed by atoms with E-state index in [2.05, 4.69) is 16.0 Å². The maximum atomic E-state index is 13.1. The van der Waals surface area contributed by atoms with Crippen molar-refractivity contribution < 1.29 is 13.9 Å². The van der Waals surface area contributed by atoms with Crippen LogP contribution in [0.3, 0.4) is 0 Å². The van der Waals surface area contributed by atoms with Crippen molar-refractivity contribution in [3.8, 4) is 5.75 Å². The highest BCUT2D eigenvalue weighted by Gasteiger charge is 2.60. The standard InChI is InChI=1S/C22H21FN2O2S/c1-14-8-15(2)24-12-20(14)27-13-22(21-4-3-7-28-21)10-18(22)19(26)9-17-6-5-16(23)11-25-17/h3-8,11-12,18H,9-10,13H2,1-2H3/t18-,22-/m0/s1. The van der Waals surface area contributed by atoms with E-state index in [1.165, 1.54) is 6.07 Å². The average molecular weight is 396 g/mol. The van der Waals surface area contributed by atoms with Crippen LogP contribution < -0.4 is 4.74 Å². The highest BCUT2D eigenvalue weighted by atomic mass is 32.1. The first kappa shape index (κ1) is 18.7. The Kier molecular flexibility index (Phi) is 4.98. The molecule has 1 aliphatic rings. The molecule has 4 rings (SSSR count). The summed E-state index contributed by atoms with van der Waals surface area (Å²) in [7, 11) is 0. The Balaban J connectivity index is 1.50. The summed E-state index contributed by atoms with van der Waals surface area (Å²) in [6, 6.07) is 8.97. The molecule has 28 heavy (non-hydrogen) atoms. The van der Waals surface area contributed by atoms with Crippen LogP contribution in [0.4, 0.5) is 4.39 Å². The maximum absolute atomic E-state index is 13.1. The molecule has 0 unspecified atom stereocenters. The summed E-state index contributed by atoms with van der Waals surface area (Å²) in [5.41, 5.74) is 2.28. The van der Waals surface area contributed by atoms with E-state index in [0.717, 1.165) is 34.5 Å². The quantitative estimate of drug-likeness (QED) is 0.592. The van der Waals surface area contributed by atoms with Crippen LogP contribution in [0, 0.1) is 25.6 Å². The molecule has 0 N–H and O–H groups in total. The van der Waals surface area contributed by atoms with E-state index in [1.54, 1.807) is 23.6 Å². The fraction of sp³-hybridized carbons (Fsp3) is 0.318. The summed E-state index contributed by atoms with van der Waals surface area (Å²) in [4.78, 5) is 22.4. The average Bonchev–Trinajstić information content (AvgIpc) is 3.14. The topological polar surface area (TPSA) is 52.1 Å². The van der Waals surface area contributed by atoms with Gasteiger partial charge in [-0.25, -0.2) is 4.39 Å². The van der Waals surface area contributed by atoms with Gasteiger partial charge in [-0.1, -0.05) is 6.07 Å². The first-order valence-corrected chi connectivity index (χ1v) is 10.1. The van der Waals surface area contributed by atoms with Crippen molar-refractivity contribution in [1.82, 2.24) is 9.97 Å². The number of pyridine rings is 2. The van der Waals surface area contributed by atoms with Gasteiger partial charge in [0, 0.05) is 34.0 Å². The number of rotatable bonds is 7. The van der Waals surface area contributed by atoms with Crippen molar-refractivity contribution in [3.63, 3.8) is 0 Å². The van der Waals surface area contributed by atoms with Gasteiger partial charge in [-0.2, -0.15) is 0 Å². The van der Waals surface area contributed by atoms with Crippen LogP contribution in [0.15, 0.2) is 48.1 Å². The lowest BCUT2D eigenvalue weighted by atomic mass is 9.98. The highest BCUT2D eigenvalue weighted by Crippen LogP contribution is 2.56. The number of halogens is 1. The van der Waals surface area contributed by atoms with Crippen molar-refractivity contribution in [2.24, 2.45) is 5.92 Å². The van der Waals surface area contributed by atoms with Crippen LogP contribution in [0.2, 0.25) is 0 Å². The number of carbonyl (C=O) groups is 1. The number of ketones is 1. The van der Waals surface area contributed by atoms with Gasteiger partial charge in [-0.3, -0.25) is 14.8 Å². The second kappa shape index (κ2) is 7.43. The normalized spacial score (nSPS) is 20.8. The zero-order valence-electron chi connectivity index (χ0n) is 15.8. The number of hydrogen-bond acceptors (Lipinski definition) is 5. The molecule has 1 fully saturated rings. The van der Waals surface area contributed by atoms with Gasteiger partial charge in [0.15, 0.2) is 0 Å². The van der Waals surface area contributed by atoms with Crippen LogP contribution in [0.5, 0.6) is 5.75 Å². The number of aryl methyl sites for hydroxylation is 2. The lowest BCUT2D eigenvalue weighted by Crippen LogP contribution is -2.23. The lowest BCUT2D eigenvalue weighted by Gasteiger charge is -2.18. The summed E-state index contributed by atoms with van der Waals surface area (Å²) < 4.78 is 19.2. The summed E-state index contributed by atoms with van der Waals surface area (Å²) in [6.45, 7) is 4.38. The minimum Gasteiger partial charge on any atom is -0.491 e. The smallest absolute Gasteiger partial charge is 0.142 e. The third-order valence-corrected chi connectivity index (χ3v) is 6.39.